The highest BCUT2D eigenvalue weighted by Gasteiger charge is 2.50. The number of carbonyl (C=O) groups is 1. The molecule has 1 atom stereocenters. The maximum absolute atomic E-state index is 13.7. The van der Waals surface area contributed by atoms with Crippen LogP contribution in [0.4, 0.5) is 0 Å². The minimum atomic E-state index is -1.87. The first-order valence-electron chi connectivity index (χ1n) is 13.0. The molecular weight excluding hydrogens is 464 g/mol. The van der Waals surface area contributed by atoms with Gasteiger partial charge in [0, 0.05) is 30.4 Å². The number of ether oxygens (including phenoxy) is 1. The zero-order valence-electron chi connectivity index (χ0n) is 20.7. The topological polar surface area (TPSA) is 72.6 Å². The molecule has 4 aromatic rings. The first-order valence-corrected chi connectivity index (χ1v) is 13.0. The average molecular weight is 496 g/mol. The molecule has 3 aromatic carbocycles. The number of aromatic nitrogens is 1. The molecule has 7 rings (SSSR count). The van der Waals surface area contributed by atoms with Crippen LogP contribution in [-0.4, -0.2) is 46.5 Å². The number of rotatable bonds is 7. The van der Waals surface area contributed by atoms with E-state index in [1.807, 2.05) is 72.8 Å². The van der Waals surface area contributed by atoms with Gasteiger partial charge in [-0.15, -0.1) is 0 Å². The lowest BCUT2D eigenvalue weighted by molar-refractivity contribution is -0.958. The van der Waals surface area contributed by atoms with Crippen LogP contribution < -0.4 is 0 Å². The van der Waals surface area contributed by atoms with Crippen molar-refractivity contribution in [2.24, 2.45) is 5.92 Å². The molecule has 0 spiro atoms. The molecule has 1 N–H and O–H groups in total. The van der Waals surface area contributed by atoms with E-state index in [1.54, 1.807) is 24.3 Å². The lowest BCUT2D eigenvalue weighted by Crippen LogP contribution is -2.64. The van der Waals surface area contributed by atoms with Crippen LogP contribution in [0.5, 0.6) is 0 Å². The molecule has 6 heteroatoms. The molecule has 3 fully saturated rings. The fourth-order valence-electron chi connectivity index (χ4n) is 6.03. The highest BCUT2D eigenvalue weighted by atomic mass is 16.6. The Kier molecular flexibility index (Phi) is 6.14. The van der Waals surface area contributed by atoms with Gasteiger partial charge in [-0.25, -0.2) is 4.79 Å². The number of piperidine rings is 3. The number of hydrogen-bond donors (Lipinski definition) is 1. The lowest BCUT2D eigenvalue weighted by atomic mass is 9.82. The van der Waals surface area contributed by atoms with E-state index in [-0.39, 0.29) is 6.10 Å². The molecule has 0 aliphatic carbocycles. The molecule has 1 aromatic heterocycles. The van der Waals surface area contributed by atoms with Gasteiger partial charge in [0.2, 0.25) is 5.60 Å². The Morgan fingerprint density at radius 3 is 2.08 bits per heavy atom. The van der Waals surface area contributed by atoms with Crippen LogP contribution in [0.1, 0.15) is 29.7 Å². The standard InChI is InChI=1S/C31H31N2O4/c34-30(31(35,25-12-6-2-7-13-25)26-14-8-3-9-15-26)36-29-22-33(18-16-24(29)17-19-33)21-27-20-28(37-32-27)23-10-4-1-5-11-23/h1-15,20,24,29,35H,16-19,21-22H2/q+1/t24?,29-,33?/m0/s1. The Morgan fingerprint density at radius 1 is 0.919 bits per heavy atom. The highest BCUT2D eigenvalue weighted by Crippen LogP contribution is 2.39. The fraction of sp³-hybridized carbons (Fsp3) is 0.290. The number of quaternary nitrogens is 1. The van der Waals surface area contributed by atoms with Crippen LogP contribution in [0.25, 0.3) is 11.3 Å². The molecule has 188 valence electrons. The number of hydrogen-bond acceptors (Lipinski definition) is 5. The van der Waals surface area contributed by atoms with Crippen LogP contribution in [-0.2, 0) is 21.7 Å². The number of aliphatic hydroxyl groups is 1. The molecule has 2 bridgehead atoms. The maximum Gasteiger partial charge on any atom is 0.348 e. The van der Waals surface area contributed by atoms with Gasteiger partial charge in [-0.2, -0.15) is 0 Å². The maximum atomic E-state index is 13.7. The van der Waals surface area contributed by atoms with E-state index >= 15 is 0 Å². The molecule has 37 heavy (non-hydrogen) atoms. The monoisotopic (exact) mass is 495 g/mol. The molecule has 0 radical (unpaired) electrons. The van der Waals surface area contributed by atoms with Crippen molar-refractivity contribution in [3.8, 4) is 11.3 Å². The molecule has 3 aliphatic heterocycles. The van der Waals surface area contributed by atoms with Gasteiger partial charge >= 0.3 is 5.97 Å². The number of carbonyl (C=O) groups excluding carboxylic acids is 1. The van der Waals surface area contributed by atoms with E-state index in [1.165, 1.54) is 0 Å². The SMILES string of the molecule is O=C(O[C@H]1C[N+]2(Cc3cc(-c4ccccc4)on3)CCC1CC2)C(O)(c1ccccc1)c1ccccc1. The Balaban J connectivity index is 1.22. The summed E-state index contributed by atoms with van der Waals surface area (Å²) in [6, 6.07) is 30.1. The average Bonchev–Trinajstić information content (AvgIpc) is 3.42. The lowest BCUT2D eigenvalue weighted by Gasteiger charge is -2.52. The normalized spacial score (nSPS) is 23.1. The number of esters is 1. The third-order valence-electron chi connectivity index (χ3n) is 8.09. The quantitative estimate of drug-likeness (QED) is 0.291. The van der Waals surface area contributed by atoms with Gasteiger partial charge in [0.25, 0.3) is 0 Å². The fourth-order valence-corrected chi connectivity index (χ4v) is 6.03. The predicted octanol–water partition coefficient (Wildman–Crippen LogP) is 4.93. The van der Waals surface area contributed by atoms with Crippen molar-refractivity contribution >= 4 is 5.97 Å². The second-order valence-corrected chi connectivity index (χ2v) is 10.4. The van der Waals surface area contributed by atoms with Crippen LogP contribution in [0.2, 0.25) is 0 Å². The molecule has 0 unspecified atom stereocenters. The van der Waals surface area contributed by atoms with Crippen LogP contribution >= 0.6 is 0 Å². The van der Waals surface area contributed by atoms with Gasteiger partial charge in [0.15, 0.2) is 11.9 Å². The van der Waals surface area contributed by atoms with E-state index in [0.29, 0.717) is 23.6 Å². The Hall–Kier alpha value is -3.74. The number of benzene rings is 3. The summed E-state index contributed by atoms with van der Waals surface area (Å²) in [5.41, 5.74) is 1.07. The van der Waals surface area contributed by atoms with Crippen molar-refractivity contribution < 1.29 is 23.6 Å². The van der Waals surface area contributed by atoms with E-state index in [9.17, 15) is 9.90 Å². The minimum absolute atomic E-state index is 0.255. The molecule has 3 saturated heterocycles. The van der Waals surface area contributed by atoms with E-state index < -0.39 is 11.6 Å². The van der Waals surface area contributed by atoms with E-state index in [4.69, 9.17) is 9.26 Å². The van der Waals surface area contributed by atoms with Gasteiger partial charge in [-0.05, 0) is 11.1 Å². The highest BCUT2D eigenvalue weighted by molar-refractivity contribution is 5.85. The van der Waals surface area contributed by atoms with Gasteiger partial charge < -0.3 is 18.8 Å². The van der Waals surface area contributed by atoms with Crippen molar-refractivity contribution in [1.29, 1.82) is 0 Å². The summed E-state index contributed by atoms with van der Waals surface area (Å²) in [7, 11) is 0. The van der Waals surface area contributed by atoms with Crippen LogP contribution in [0.15, 0.2) is 102 Å². The summed E-state index contributed by atoms with van der Waals surface area (Å²) in [6.45, 7) is 3.49. The molecule has 0 saturated carbocycles. The first kappa shape index (κ1) is 23.6. The third kappa shape index (κ3) is 4.47. The largest absolute Gasteiger partial charge is 0.453 e. The summed E-state index contributed by atoms with van der Waals surface area (Å²) in [5, 5.41) is 16.2. The van der Waals surface area contributed by atoms with E-state index in [2.05, 4.69) is 5.16 Å². The third-order valence-corrected chi connectivity index (χ3v) is 8.09. The number of nitrogens with zero attached hydrogens (tertiary/aromatic N) is 2. The summed E-state index contributed by atoms with van der Waals surface area (Å²) in [6.07, 6.45) is 1.71. The number of fused-ring (bicyclic) bond motifs is 3. The first-order chi connectivity index (χ1) is 18.1. The second kappa shape index (κ2) is 9.61. The zero-order valence-corrected chi connectivity index (χ0v) is 20.7. The predicted molar refractivity (Wildman–Crippen MR) is 139 cm³/mol. The van der Waals surface area contributed by atoms with Crippen LogP contribution in [0.3, 0.4) is 0 Å². The van der Waals surface area contributed by atoms with E-state index in [0.717, 1.165) is 54.0 Å². The summed E-state index contributed by atoms with van der Waals surface area (Å²) < 4.78 is 12.6. The van der Waals surface area contributed by atoms with Gasteiger partial charge in [0.05, 0.1) is 13.1 Å². The molecule has 4 heterocycles. The Labute approximate surface area is 216 Å². The van der Waals surface area contributed by atoms with Crippen molar-refractivity contribution in [3.05, 3.63) is 114 Å². The van der Waals surface area contributed by atoms with Crippen molar-refractivity contribution in [1.82, 2.24) is 5.16 Å². The van der Waals surface area contributed by atoms with Crippen molar-refractivity contribution in [2.75, 3.05) is 19.6 Å². The molecule has 0 amide bonds. The second-order valence-electron chi connectivity index (χ2n) is 10.4. The Bertz CT molecular complexity index is 1310. The summed E-state index contributed by atoms with van der Waals surface area (Å²) in [4.78, 5) is 13.7. The molecular formula is C31H31N2O4+. The van der Waals surface area contributed by atoms with Gasteiger partial charge in [0.1, 0.15) is 18.8 Å². The van der Waals surface area contributed by atoms with Gasteiger partial charge in [-0.3, -0.25) is 0 Å². The van der Waals surface area contributed by atoms with Crippen molar-refractivity contribution in [3.63, 3.8) is 0 Å². The molecule has 6 nitrogen and oxygen atoms in total. The summed E-state index contributed by atoms with van der Waals surface area (Å²) >= 11 is 0. The Morgan fingerprint density at radius 2 is 1.49 bits per heavy atom. The molecule has 3 aliphatic rings. The summed E-state index contributed by atoms with van der Waals surface area (Å²) in [5.74, 6) is 0.450. The van der Waals surface area contributed by atoms with Gasteiger partial charge in [-0.1, -0.05) is 96.2 Å². The van der Waals surface area contributed by atoms with Crippen molar-refractivity contribution in [2.45, 2.75) is 31.1 Å². The zero-order chi connectivity index (χ0) is 25.3. The smallest absolute Gasteiger partial charge is 0.348 e. The van der Waals surface area contributed by atoms with Crippen LogP contribution in [0, 0.1) is 5.92 Å². The minimum Gasteiger partial charge on any atom is -0.453 e.